The van der Waals surface area contributed by atoms with Crippen molar-refractivity contribution in [3.8, 4) is 0 Å². The van der Waals surface area contributed by atoms with Crippen LogP contribution in [0.1, 0.15) is 0 Å². The molecule has 0 bridgehead atoms. The fourth-order valence-corrected chi connectivity index (χ4v) is 0.946. The van der Waals surface area contributed by atoms with E-state index in [2.05, 4.69) is 26.2 Å². The molecule has 0 atom stereocenters. The lowest BCUT2D eigenvalue weighted by atomic mass is 10.4. The summed E-state index contributed by atoms with van der Waals surface area (Å²) in [7, 11) is 0. The quantitative estimate of drug-likeness (QED) is 0.815. The second kappa shape index (κ2) is 4.42. The third-order valence-electron chi connectivity index (χ3n) is 1.16. The van der Waals surface area contributed by atoms with Gasteiger partial charge in [-0.05, 0) is 6.07 Å². The molecule has 0 aromatic carbocycles. The molecule has 3 nitrogen and oxygen atoms in total. The minimum Gasteiger partial charge on any atom is -0.323 e. The third kappa shape index (κ3) is 2.46. The van der Waals surface area contributed by atoms with Gasteiger partial charge in [-0.15, -0.1) is 0 Å². The van der Waals surface area contributed by atoms with Gasteiger partial charge in [0.25, 0.3) is 0 Å². The van der Waals surface area contributed by atoms with Gasteiger partial charge in [-0.1, -0.05) is 27.5 Å². The molecule has 1 rings (SSSR count). The number of nitrogens with one attached hydrogen (secondary N) is 1. The van der Waals surface area contributed by atoms with Crippen LogP contribution >= 0.6 is 27.5 Å². The van der Waals surface area contributed by atoms with E-state index in [1.54, 1.807) is 12.3 Å². The summed E-state index contributed by atoms with van der Waals surface area (Å²) in [4.78, 5) is 14.7. The van der Waals surface area contributed by atoms with E-state index in [9.17, 15) is 4.79 Å². The summed E-state index contributed by atoms with van der Waals surface area (Å²) in [6.07, 6.45) is 3.06. The van der Waals surface area contributed by atoms with Gasteiger partial charge in [-0.3, -0.25) is 9.78 Å². The van der Waals surface area contributed by atoms with Crippen molar-refractivity contribution in [3.05, 3.63) is 23.5 Å². The van der Waals surface area contributed by atoms with Gasteiger partial charge in [-0.2, -0.15) is 0 Å². The van der Waals surface area contributed by atoms with Crippen LogP contribution in [0.3, 0.4) is 0 Å². The number of aromatic nitrogens is 1. The van der Waals surface area contributed by atoms with Crippen LogP contribution in [0.4, 0.5) is 5.69 Å². The SMILES string of the molecule is O=C(CBr)Nc1cnccc1Cl. The van der Waals surface area contributed by atoms with Gasteiger partial charge >= 0.3 is 0 Å². The highest BCUT2D eigenvalue weighted by Crippen LogP contribution is 2.18. The highest BCUT2D eigenvalue weighted by atomic mass is 79.9. The molecule has 0 aliphatic heterocycles. The van der Waals surface area contributed by atoms with E-state index < -0.39 is 0 Å². The first kappa shape index (κ1) is 9.48. The van der Waals surface area contributed by atoms with Crippen LogP contribution in [0.25, 0.3) is 0 Å². The molecule has 1 heterocycles. The van der Waals surface area contributed by atoms with Crippen LogP contribution in [-0.4, -0.2) is 16.2 Å². The van der Waals surface area contributed by atoms with E-state index in [0.717, 1.165) is 0 Å². The van der Waals surface area contributed by atoms with Gasteiger partial charge in [0.1, 0.15) is 0 Å². The Balaban J connectivity index is 2.75. The molecule has 0 spiro atoms. The average molecular weight is 249 g/mol. The predicted molar refractivity (Wildman–Crippen MR) is 51.7 cm³/mol. The lowest BCUT2D eigenvalue weighted by Gasteiger charge is -2.02. The normalized spacial score (nSPS) is 9.50. The summed E-state index contributed by atoms with van der Waals surface area (Å²) in [5.41, 5.74) is 0.531. The zero-order valence-electron chi connectivity index (χ0n) is 6.05. The predicted octanol–water partition coefficient (Wildman–Crippen LogP) is 2.07. The Bertz CT molecular complexity index is 292. The number of hydrogen-bond acceptors (Lipinski definition) is 2. The van der Waals surface area contributed by atoms with Crippen LogP contribution in [0.5, 0.6) is 0 Å². The summed E-state index contributed by atoms with van der Waals surface area (Å²) in [6, 6.07) is 1.62. The molecule has 64 valence electrons. The van der Waals surface area contributed by atoms with E-state index in [1.807, 2.05) is 0 Å². The number of carbonyl (C=O) groups is 1. The molecule has 0 aliphatic carbocycles. The Labute approximate surface area is 83.3 Å². The maximum atomic E-state index is 10.9. The highest BCUT2D eigenvalue weighted by Gasteiger charge is 2.02. The molecule has 12 heavy (non-hydrogen) atoms. The van der Waals surface area contributed by atoms with Crippen LogP contribution in [0.15, 0.2) is 18.5 Å². The molecular formula is C7H6BrClN2O. The molecule has 1 N–H and O–H groups in total. The summed E-state index contributed by atoms with van der Waals surface area (Å²) >= 11 is 8.78. The van der Waals surface area contributed by atoms with Crippen LogP contribution in [-0.2, 0) is 4.79 Å². The van der Waals surface area contributed by atoms with Crippen molar-refractivity contribution in [2.75, 3.05) is 10.6 Å². The molecule has 1 amide bonds. The fraction of sp³-hybridized carbons (Fsp3) is 0.143. The van der Waals surface area contributed by atoms with E-state index in [1.165, 1.54) is 6.20 Å². The second-order valence-corrected chi connectivity index (χ2v) is 3.01. The monoisotopic (exact) mass is 248 g/mol. The number of anilines is 1. The Morgan fingerprint density at radius 3 is 3.08 bits per heavy atom. The van der Waals surface area contributed by atoms with E-state index in [-0.39, 0.29) is 11.2 Å². The maximum Gasteiger partial charge on any atom is 0.235 e. The van der Waals surface area contributed by atoms with Gasteiger partial charge in [0.2, 0.25) is 5.91 Å². The summed E-state index contributed by atoms with van der Waals surface area (Å²) in [5.74, 6) is -0.148. The van der Waals surface area contributed by atoms with Crippen molar-refractivity contribution in [2.24, 2.45) is 0 Å². The molecule has 1 aromatic heterocycles. The van der Waals surface area contributed by atoms with Gasteiger partial charge in [0.05, 0.1) is 22.2 Å². The van der Waals surface area contributed by atoms with E-state index >= 15 is 0 Å². The molecule has 0 saturated heterocycles. The first-order chi connectivity index (χ1) is 5.74. The minimum absolute atomic E-state index is 0.148. The number of nitrogens with zero attached hydrogens (tertiary/aromatic N) is 1. The largest absolute Gasteiger partial charge is 0.323 e. The number of halogens is 2. The number of carbonyl (C=O) groups excluding carboxylic acids is 1. The van der Waals surface area contributed by atoms with Crippen molar-refractivity contribution in [3.63, 3.8) is 0 Å². The Morgan fingerprint density at radius 1 is 1.75 bits per heavy atom. The van der Waals surface area contributed by atoms with Gasteiger partial charge in [0.15, 0.2) is 0 Å². The fourth-order valence-electron chi connectivity index (χ4n) is 0.653. The van der Waals surface area contributed by atoms with Crippen molar-refractivity contribution in [1.29, 1.82) is 0 Å². The standard InChI is InChI=1S/C7H6BrClN2O/c8-3-7(12)11-6-4-10-2-1-5(6)9/h1-2,4H,3H2,(H,11,12). The first-order valence-electron chi connectivity index (χ1n) is 3.19. The highest BCUT2D eigenvalue weighted by molar-refractivity contribution is 9.09. The van der Waals surface area contributed by atoms with Crippen molar-refractivity contribution >= 4 is 39.1 Å². The summed E-state index contributed by atoms with van der Waals surface area (Å²) in [6.45, 7) is 0. The van der Waals surface area contributed by atoms with Crippen molar-refractivity contribution in [2.45, 2.75) is 0 Å². The van der Waals surface area contributed by atoms with Crippen LogP contribution < -0.4 is 5.32 Å². The molecular weight excluding hydrogens is 243 g/mol. The maximum absolute atomic E-state index is 10.9. The van der Waals surface area contributed by atoms with E-state index in [4.69, 9.17) is 11.6 Å². The Morgan fingerprint density at radius 2 is 2.50 bits per heavy atom. The zero-order valence-corrected chi connectivity index (χ0v) is 8.39. The molecule has 0 fully saturated rings. The number of amides is 1. The topological polar surface area (TPSA) is 42.0 Å². The lowest BCUT2D eigenvalue weighted by Crippen LogP contribution is -2.12. The first-order valence-corrected chi connectivity index (χ1v) is 4.69. The van der Waals surface area contributed by atoms with Crippen LogP contribution in [0, 0.1) is 0 Å². The second-order valence-electron chi connectivity index (χ2n) is 2.04. The van der Waals surface area contributed by atoms with Crippen molar-refractivity contribution in [1.82, 2.24) is 4.98 Å². The number of hydrogen-bond donors (Lipinski definition) is 1. The Hall–Kier alpha value is -0.610. The third-order valence-corrected chi connectivity index (χ3v) is 2.00. The van der Waals surface area contributed by atoms with E-state index in [0.29, 0.717) is 10.7 Å². The smallest absolute Gasteiger partial charge is 0.235 e. The van der Waals surface area contributed by atoms with Gasteiger partial charge in [-0.25, -0.2) is 0 Å². The van der Waals surface area contributed by atoms with Gasteiger partial charge in [0, 0.05) is 6.20 Å². The summed E-state index contributed by atoms with van der Waals surface area (Å²) in [5, 5.41) is 3.31. The zero-order chi connectivity index (χ0) is 8.97. The van der Waals surface area contributed by atoms with Crippen molar-refractivity contribution < 1.29 is 4.79 Å². The molecule has 0 radical (unpaired) electrons. The van der Waals surface area contributed by atoms with Gasteiger partial charge < -0.3 is 5.32 Å². The minimum atomic E-state index is -0.148. The number of rotatable bonds is 2. The van der Waals surface area contributed by atoms with Crippen LogP contribution in [0.2, 0.25) is 5.02 Å². The molecule has 0 aliphatic rings. The Kier molecular flexibility index (Phi) is 3.49. The average Bonchev–Trinajstić information content (AvgIpc) is 2.09. The number of alkyl halides is 1. The molecule has 1 aromatic rings. The molecule has 5 heteroatoms. The number of pyridine rings is 1. The summed E-state index contributed by atoms with van der Waals surface area (Å²) < 4.78 is 0. The molecule has 0 unspecified atom stereocenters. The molecule has 0 saturated carbocycles. The lowest BCUT2D eigenvalue weighted by molar-refractivity contribution is -0.113.